The van der Waals surface area contributed by atoms with E-state index >= 15 is 0 Å². The third kappa shape index (κ3) is 15.5. The molecule has 6 heteroatoms. The third-order valence-electron chi connectivity index (χ3n) is 30.4. The lowest BCUT2D eigenvalue weighted by molar-refractivity contribution is 1.18. The molecule has 24 aromatic carbocycles. The van der Waals surface area contributed by atoms with Gasteiger partial charge < -0.3 is 27.4 Å². The van der Waals surface area contributed by atoms with Gasteiger partial charge in [0, 0.05) is 98.6 Å². The zero-order chi connectivity index (χ0) is 99.1. The maximum Gasteiger partial charge on any atom is 0.0541 e. The Hall–Kier alpha value is -19.9. The number of nitrogens with zero attached hydrogens (tertiary/aromatic N) is 6. The molecule has 0 aliphatic heterocycles. The van der Waals surface area contributed by atoms with E-state index in [9.17, 15) is 0 Å². The van der Waals surface area contributed by atoms with Gasteiger partial charge in [0.25, 0.3) is 0 Å². The Morgan fingerprint density at radius 2 is 0.260 bits per heavy atom. The van der Waals surface area contributed by atoms with E-state index in [2.05, 4.69) is 610 Å². The highest BCUT2D eigenvalue weighted by atomic mass is 15.0. The largest absolute Gasteiger partial charge is 0.309 e. The van der Waals surface area contributed by atoms with Crippen molar-refractivity contribution in [1.82, 2.24) is 27.4 Å². The summed E-state index contributed by atoms with van der Waals surface area (Å²) in [5, 5.41) is 15.1. The van der Waals surface area contributed by atoms with Crippen LogP contribution in [0.3, 0.4) is 0 Å². The standard InChI is InChI=1S/3C48H32N2/c1-3-13-33(14-4-1)34-23-27-38(28-24-34)49-45-21-11-8-18-40(45)42-31-36(25-29-47(42)49)37-26-30-48-43(32-37)41-19-9-12-22-46(41)50(48)44-20-10-7-17-39(44)35-15-5-2-6-16-35;1-3-13-33(14-4-1)35-17-11-19-39(29-35)49-45-23-9-7-21-41(45)43-31-37(25-27-47(43)49)38-26-28-48-44(32-38)42-22-8-10-24-46(42)50(48)40-20-12-18-36(30-40)34-15-5-2-6-16-34;1-3-12-33(13-4-1)35-22-26-39(27-23-35)49-45-20-9-7-18-41(45)43-31-37(24-28-47(43)49)38-25-29-48-44(32-38)42-19-8-10-21-46(42)50(48)40-17-11-16-36(30-40)34-14-5-2-6-15-34/h3*1-32H. The molecule has 0 aliphatic carbocycles. The summed E-state index contributed by atoms with van der Waals surface area (Å²) in [5.41, 5.74) is 43.4. The fourth-order valence-electron chi connectivity index (χ4n) is 23.3. The Balaban J connectivity index is 0.000000108. The fraction of sp³-hybridized carbons (Fsp3) is 0. The molecule has 0 fully saturated rings. The van der Waals surface area contributed by atoms with Crippen LogP contribution in [0.25, 0.3) is 265 Å². The van der Waals surface area contributed by atoms with Crippen LogP contribution in [0.4, 0.5) is 0 Å². The number of aromatic nitrogens is 6. The zero-order valence-corrected chi connectivity index (χ0v) is 82.1. The van der Waals surface area contributed by atoms with Crippen LogP contribution < -0.4 is 0 Å². The molecule has 6 aromatic heterocycles. The highest BCUT2D eigenvalue weighted by Gasteiger charge is 2.24. The van der Waals surface area contributed by atoms with Crippen molar-refractivity contribution in [1.29, 1.82) is 0 Å². The van der Waals surface area contributed by atoms with Gasteiger partial charge in [0.05, 0.1) is 71.9 Å². The molecule has 30 aromatic rings. The van der Waals surface area contributed by atoms with E-state index in [-0.39, 0.29) is 0 Å². The number of hydrogen-bond acceptors (Lipinski definition) is 0. The topological polar surface area (TPSA) is 29.6 Å². The SMILES string of the molecule is c1ccc(-c2ccc(-n3c4ccccc4c4cc(-c5ccc6c(c5)c5ccccc5n6-c5cccc(-c6ccccc6)c5)ccc43)cc2)cc1.c1ccc(-c2ccc(-n3c4ccccc4c4cc(-c5ccc6c(c5)c5ccccc5n6-c5ccccc5-c5ccccc5)ccc43)cc2)cc1.c1ccc(-c2cccc(-n3c4ccccc4c4cc(-c5ccc6c(c5)c5ccccc5n6-c5cccc(-c6ccccc6)c5)ccc43)c2)cc1. The van der Waals surface area contributed by atoms with Gasteiger partial charge in [0.2, 0.25) is 0 Å². The molecule has 0 amide bonds. The molecular weight excluding hydrogens is 1810 g/mol. The van der Waals surface area contributed by atoms with Crippen molar-refractivity contribution >= 4 is 131 Å². The van der Waals surface area contributed by atoms with E-state index in [0.29, 0.717) is 0 Å². The van der Waals surface area contributed by atoms with Gasteiger partial charge in [0.1, 0.15) is 0 Å². The lowest BCUT2D eigenvalue weighted by atomic mass is 10.0. The first-order valence-corrected chi connectivity index (χ1v) is 51.6. The van der Waals surface area contributed by atoms with E-state index in [0.717, 1.165) is 28.4 Å². The molecule has 150 heavy (non-hydrogen) atoms. The second kappa shape index (κ2) is 37.4. The monoisotopic (exact) mass is 1910 g/mol. The van der Waals surface area contributed by atoms with Crippen LogP contribution in [0.5, 0.6) is 0 Å². The van der Waals surface area contributed by atoms with Gasteiger partial charge in [-0.25, -0.2) is 0 Å². The lowest BCUT2D eigenvalue weighted by Gasteiger charge is -2.14. The predicted molar refractivity (Wildman–Crippen MR) is 634 cm³/mol. The van der Waals surface area contributed by atoms with Gasteiger partial charge in [0.15, 0.2) is 0 Å². The maximum absolute atomic E-state index is 2.43. The normalized spacial score (nSPS) is 11.6. The quantitative estimate of drug-likeness (QED) is 0.0979. The molecule has 0 atom stereocenters. The molecule has 0 radical (unpaired) electrons. The Kier molecular flexibility index (Phi) is 21.9. The Morgan fingerprint density at radius 1 is 0.0867 bits per heavy atom. The fourth-order valence-corrected chi connectivity index (χ4v) is 23.3. The van der Waals surface area contributed by atoms with Crippen LogP contribution in [-0.4, -0.2) is 27.4 Å². The summed E-state index contributed by atoms with van der Waals surface area (Å²) >= 11 is 0. The number of hydrogen-bond donors (Lipinski definition) is 0. The van der Waals surface area contributed by atoms with Gasteiger partial charge in [-0.05, 0) is 271 Å². The zero-order valence-electron chi connectivity index (χ0n) is 82.1. The minimum absolute atomic E-state index is 1.16. The summed E-state index contributed by atoms with van der Waals surface area (Å²) in [6.45, 7) is 0. The molecule has 0 N–H and O–H groups in total. The van der Waals surface area contributed by atoms with Gasteiger partial charge in [-0.2, -0.15) is 0 Å². The van der Waals surface area contributed by atoms with Crippen molar-refractivity contribution in [3.8, 4) is 134 Å². The number of rotatable bonds is 15. The molecule has 30 rings (SSSR count). The van der Waals surface area contributed by atoms with Crippen LogP contribution in [0.15, 0.2) is 582 Å². The predicted octanol–water partition coefficient (Wildman–Crippen LogP) is 38.6. The van der Waals surface area contributed by atoms with Gasteiger partial charge in [-0.15, -0.1) is 0 Å². The van der Waals surface area contributed by atoms with Crippen molar-refractivity contribution in [2.45, 2.75) is 0 Å². The van der Waals surface area contributed by atoms with Crippen LogP contribution in [-0.2, 0) is 0 Å². The van der Waals surface area contributed by atoms with E-state index < -0.39 is 0 Å². The maximum atomic E-state index is 2.43. The average molecular weight is 1910 g/mol. The van der Waals surface area contributed by atoms with Crippen molar-refractivity contribution in [2.75, 3.05) is 0 Å². The van der Waals surface area contributed by atoms with Crippen LogP contribution in [0.1, 0.15) is 0 Å². The van der Waals surface area contributed by atoms with E-state index in [1.165, 1.54) is 237 Å². The summed E-state index contributed by atoms with van der Waals surface area (Å²) in [6.07, 6.45) is 0. The molecule has 0 saturated carbocycles. The first-order valence-electron chi connectivity index (χ1n) is 51.6. The Bertz CT molecular complexity index is 10200. The number of benzene rings is 24. The minimum Gasteiger partial charge on any atom is -0.309 e. The highest BCUT2D eigenvalue weighted by molar-refractivity contribution is 6.18. The summed E-state index contributed by atoms with van der Waals surface area (Å²) < 4.78 is 14.4. The first-order chi connectivity index (χ1) is 74.4. The highest BCUT2D eigenvalue weighted by Crippen LogP contribution is 2.47. The summed E-state index contributed by atoms with van der Waals surface area (Å²) in [4.78, 5) is 0. The molecule has 0 bridgehead atoms. The summed E-state index contributed by atoms with van der Waals surface area (Å²) in [7, 11) is 0. The molecular formula is C144H96N6. The van der Waals surface area contributed by atoms with Crippen LogP contribution in [0, 0.1) is 0 Å². The number of fused-ring (bicyclic) bond motifs is 18. The van der Waals surface area contributed by atoms with Crippen molar-refractivity contribution in [3.63, 3.8) is 0 Å². The van der Waals surface area contributed by atoms with Gasteiger partial charge in [-0.3, -0.25) is 0 Å². The summed E-state index contributed by atoms with van der Waals surface area (Å²) in [6, 6.07) is 211. The Morgan fingerprint density at radius 3 is 0.527 bits per heavy atom. The van der Waals surface area contributed by atoms with E-state index in [1.807, 2.05) is 0 Å². The van der Waals surface area contributed by atoms with Crippen molar-refractivity contribution in [3.05, 3.63) is 582 Å². The first kappa shape index (κ1) is 87.8. The van der Waals surface area contributed by atoms with Crippen LogP contribution >= 0.6 is 0 Å². The second-order valence-corrected chi connectivity index (χ2v) is 39.0. The van der Waals surface area contributed by atoms with Crippen molar-refractivity contribution < 1.29 is 0 Å². The van der Waals surface area contributed by atoms with E-state index in [1.54, 1.807) is 0 Å². The van der Waals surface area contributed by atoms with Gasteiger partial charge in [-0.1, -0.05) is 406 Å². The second-order valence-electron chi connectivity index (χ2n) is 39.0. The third-order valence-corrected chi connectivity index (χ3v) is 30.4. The smallest absolute Gasteiger partial charge is 0.0541 e. The lowest BCUT2D eigenvalue weighted by Crippen LogP contribution is -1.97. The van der Waals surface area contributed by atoms with Crippen LogP contribution in [0.2, 0.25) is 0 Å². The molecule has 0 spiro atoms. The van der Waals surface area contributed by atoms with Crippen molar-refractivity contribution in [2.24, 2.45) is 0 Å². The molecule has 6 heterocycles. The molecule has 0 unspecified atom stereocenters. The van der Waals surface area contributed by atoms with Gasteiger partial charge >= 0.3 is 0 Å². The van der Waals surface area contributed by atoms with E-state index in [4.69, 9.17) is 0 Å². The molecule has 702 valence electrons. The summed E-state index contributed by atoms with van der Waals surface area (Å²) in [5.74, 6) is 0. The minimum atomic E-state index is 1.16. The number of para-hydroxylation sites is 7. The molecule has 0 aliphatic rings. The molecule has 0 saturated heterocycles. The Labute approximate surface area is 868 Å². The average Bonchev–Trinajstić information content (AvgIpc) is 1.58. The molecule has 6 nitrogen and oxygen atoms in total.